The second-order valence-electron chi connectivity index (χ2n) is 8.59. The van der Waals surface area contributed by atoms with Crippen LogP contribution in [0.1, 0.15) is 22.4 Å². The third-order valence-electron chi connectivity index (χ3n) is 5.94. The number of fused-ring (bicyclic) bond motifs is 1. The number of aromatic nitrogens is 4. The Morgan fingerprint density at radius 2 is 1.49 bits per heavy atom. The third kappa shape index (κ3) is 5.53. The van der Waals surface area contributed by atoms with Crippen LogP contribution in [-0.2, 0) is 19.6 Å². The molecule has 3 aromatic carbocycles. The first-order valence-corrected chi connectivity index (χ1v) is 11.8. The zero-order chi connectivity index (χ0) is 25.8. The summed E-state index contributed by atoms with van der Waals surface area (Å²) in [5, 5.41) is 2.94. The molecule has 5 aromatic rings. The number of anilines is 1. The van der Waals surface area contributed by atoms with Gasteiger partial charge in [0.15, 0.2) is 11.3 Å². The molecule has 0 radical (unpaired) electrons. The van der Waals surface area contributed by atoms with Crippen LogP contribution in [0.25, 0.3) is 34.7 Å². The zero-order valence-corrected chi connectivity index (χ0v) is 20.1. The Morgan fingerprint density at radius 1 is 0.811 bits per heavy atom. The highest BCUT2D eigenvalue weighted by atomic mass is 19.4. The lowest BCUT2D eigenvalue weighted by atomic mass is 10.1. The van der Waals surface area contributed by atoms with Gasteiger partial charge in [-0.2, -0.15) is 18.2 Å². The number of benzene rings is 3. The Balaban J connectivity index is 1.48. The van der Waals surface area contributed by atoms with Crippen molar-refractivity contribution >= 4 is 29.3 Å². The van der Waals surface area contributed by atoms with Gasteiger partial charge in [0.2, 0.25) is 5.95 Å². The van der Waals surface area contributed by atoms with Crippen LogP contribution in [0.15, 0.2) is 84.9 Å². The summed E-state index contributed by atoms with van der Waals surface area (Å²) in [5.41, 5.74) is 2.49. The van der Waals surface area contributed by atoms with E-state index in [-0.39, 0.29) is 17.1 Å². The van der Waals surface area contributed by atoms with Crippen molar-refractivity contribution in [1.29, 1.82) is 0 Å². The maximum atomic E-state index is 14.0. The summed E-state index contributed by atoms with van der Waals surface area (Å²) >= 11 is 0. The molecule has 0 aliphatic carbocycles. The SMILES string of the molecule is Cn1c(-c2cccc(/C=C\c3ccccc3)c2)nc2c(C(F)(F)F)nc(NCCc3ccccc3)nc21. The van der Waals surface area contributed by atoms with E-state index in [4.69, 9.17) is 0 Å². The minimum Gasteiger partial charge on any atom is -0.354 e. The van der Waals surface area contributed by atoms with E-state index < -0.39 is 11.9 Å². The lowest BCUT2D eigenvalue weighted by Gasteiger charge is -2.10. The van der Waals surface area contributed by atoms with Crippen LogP contribution < -0.4 is 5.32 Å². The average molecular weight is 500 g/mol. The van der Waals surface area contributed by atoms with Gasteiger partial charge in [0.1, 0.15) is 11.3 Å². The van der Waals surface area contributed by atoms with Crippen molar-refractivity contribution in [3.8, 4) is 11.4 Å². The zero-order valence-electron chi connectivity index (χ0n) is 20.1. The van der Waals surface area contributed by atoms with Crippen molar-refractivity contribution < 1.29 is 13.2 Å². The molecule has 5 nitrogen and oxygen atoms in total. The van der Waals surface area contributed by atoms with Gasteiger partial charge in [0.25, 0.3) is 0 Å². The number of hydrogen-bond acceptors (Lipinski definition) is 4. The molecule has 8 heteroatoms. The molecule has 0 amide bonds. The highest BCUT2D eigenvalue weighted by Crippen LogP contribution is 2.35. The first kappa shape index (κ1) is 24.2. The van der Waals surface area contributed by atoms with Crippen LogP contribution in [0.5, 0.6) is 0 Å². The standard InChI is InChI=1S/C29H24F3N5/c1-37-26(23-14-8-13-22(19-23)16-15-20-9-4-2-5-10-20)34-24-25(29(30,31)32)35-28(36-27(24)37)33-18-17-21-11-6-3-7-12-21/h2-16,19H,17-18H2,1H3,(H,33,35,36)/b16-15-. The smallest absolute Gasteiger partial charge is 0.354 e. The van der Waals surface area contributed by atoms with Crippen molar-refractivity contribution in [2.75, 3.05) is 11.9 Å². The van der Waals surface area contributed by atoms with Crippen LogP contribution >= 0.6 is 0 Å². The molecule has 0 saturated heterocycles. The van der Waals surface area contributed by atoms with E-state index in [1.165, 1.54) is 0 Å². The van der Waals surface area contributed by atoms with Gasteiger partial charge in [-0.05, 0) is 29.2 Å². The summed E-state index contributed by atoms with van der Waals surface area (Å²) in [7, 11) is 1.66. The number of nitrogens with zero attached hydrogens (tertiary/aromatic N) is 4. The minimum absolute atomic E-state index is 0.0788. The molecule has 0 aliphatic heterocycles. The number of rotatable bonds is 7. The summed E-state index contributed by atoms with van der Waals surface area (Å²) < 4.78 is 43.5. The summed E-state index contributed by atoms with van der Waals surface area (Å²) in [6.07, 6.45) is -0.113. The van der Waals surface area contributed by atoms with Gasteiger partial charge in [0, 0.05) is 19.2 Å². The normalized spacial score (nSPS) is 11.9. The quantitative estimate of drug-likeness (QED) is 0.248. The number of nitrogens with one attached hydrogen (secondary N) is 1. The van der Waals surface area contributed by atoms with E-state index in [2.05, 4.69) is 20.3 Å². The van der Waals surface area contributed by atoms with Gasteiger partial charge in [-0.1, -0.05) is 91.0 Å². The lowest BCUT2D eigenvalue weighted by Crippen LogP contribution is -2.14. The topological polar surface area (TPSA) is 55.6 Å². The lowest BCUT2D eigenvalue weighted by molar-refractivity contribution is -0.139. The second-order valence-corrected chi connectivity index (χ2v) is 8.59. The molecular formula is C29H24F3N5. The van der Waals surface area contributed by atoms with Gasteiger partial charge in [-0.15, -0.1) is 0 Å². The molecule has 0 atom stereocenters. The van der Waals surface area contributed by atoms with Gasteiger partial charge in [-0.3, -0.25) is 0 Å². The molecule has 0 saturated carbocycles. The van der Waals surface area contributed by atoms with E-state index in [0.29, 0.717) is 24.4 Å². The van der Waals surface area contributed by atoms with Crippen molar-refractivity contribution in [2.24, 2.45) is 7.05 Å². The van der Waals surface area contributed by atoms with Gasteiger partial charge >= 0.3 is 6.18 Å². The Bertz CT molecular complexity index is 1540. The molecule has 0 unspecified atom stereocenters. The fraction of sp³-hybridized carbons (Fsp3) is 0.138. The van der Waals surface area contributed by atoms with Crippen molar-refractivity contribution in [3.05, 3.63) is 107 Å². The summed E-state index contributed by atoms with van der Waals surface area (Å²) in [5.74, 6) is 0.302. The van der Waals surface area contributed by atoms with E-state index in [9.17, 15) is 13.2 Å². The minimum atomic E-state index is -4.68. The highest BCUT2D eigenvalue weighted by molar-refractivity contribution is 5.81. The first-order valence-electron chi connectivity index (χ1n) is 11.8. The molecule has 1 N–H and O–H groups in total. The highest BCUT2D eigenvalue weighted by Gasteiger charge is 2.37. The maximum Gasteiger partial charge on any atom is 0.435 e. The molecule has 37 heavy (non-hydrogen) atoms. The van der Waals surface area contributed by atoms with Crippen molar-refractivity contribution in [2.45, 2.75) is 12.6 Å². The fourth-order valence-corrected chi connectivity index (χ4v) is 4.10. The van der Waals surface area contributed by atoms with Gasteiger partial charge in [0.05, 0.1) is 0 Å². The fourth-order valence-electron chi connectivity index (χ4n) is 4.10. The first-order chi connectivity index (χ1) is 17.9. The summed E-state index contributed by atoms with van der Waals surface area (Å²) in [6, 6.07) is 27.0. The molecule has 2 heterocycles. The Kier molecular flexibility index (Phi) is 6.72. The van der Waals surface area contributed by atoms with Crippen LogP contribution in [-0.4, -0.2) is 26.1 Å². The average Bonchev–Trinajstić information content (AvgIpc) is 3.24. The largest absolute Gasteiger partial charge is 0.435 e. The van der Waals surface area contributed by atoms with Gasteiger partial charge < -0.3 is 9.88 Å². The number of aryl methyl sites for hydroxylation is 1. The monoisotopic (exact) mass is 499 g/mol. The number of alkyl halides is 3. The predicted molar refractivity (Wildman–Crippen MR) is 141 cm³/mol. The molecule has 0 fully saturated rings. The van der Waals surface area contributed by atoms with E-state index in [1.54, 1.807) is 11.6 Å². The summed E-state index contributed by atoms with van der Waals surface area (Å²) in [6.45, 7) is 0.396. The van der Waals surface area contributed by atoms with Crippen LogP contribution in [0, 0.1) is 0 Å². The van der Waals surface area contributed by atoms with Crippen LogP contribution in [0.2, 0.25) is 0 Å². The Hall–Kier alpha value is -4.46. The van der Waals surface area contributed by atoms with E-state index >= 15 is 0 Å². The molecule has 186 valence electrons. The number of halogens is 3. The molecule has 0 bridgehead atoms. The molecule has 2 aromatic heterocycles. The third-order valence-corrected chi connectivity index (χ3v) is 5.94. The van der Waals surface area contributed by atoms with E-state index in [1.807, 2.05) is 97.1 Å². The number of imidazole rings is 1. The van der Waals surface area contributed by atoms with E-state index in [0.717, 1.165) is 16.7 Å². The van der Waals surface area contributed by atoms with Gasteiger partial charge in [-0.25, -0.2) is 9.97 Å². The van der Waals surface area contributed by atoms with Crippen molar-refractivity contribution in [1.82, 2.24) is 19.5 Å². The summed E-state index contributed by atoms with van der Waals surface area (Å²) in [4.78, 5) is 12.5. The molecule has 5 rings (SSSR count). The molecule has 0 aliphatic rings. The molecule has 0 spiro atoms. The predicted octanol–water partition coefficient (Wildman–Crippen LogP) is 6.87. The second kappa shape index (κ2) is 10.3. The van der Waals surface area contributed by atoms with Crippen LogP contribution in [0.4, 0.5) is 19.1 Å². The van der Waals surface area contributed by atoms with Crippen LogP contribution in [0.3, 0.4) is 0 Å². The molecular weight excluding hydrogens is 475 g/mol. The van der Waals surface area contributed by atoms with Crippen molar-refractivity contribution in [3.63, 3.8) is 0 Å². The number of hydrogen-bond donors (Lipinski definition) is 1. The maximum absolute atomic E-state index is 14.0. The Labute approximate surface area is 212 Å². The Morgan fingerprint density at radius 3 is 2.22 bits per heavy atom.